The largest absolute Gasteiger partial charge is 0.507 e. The molecular weight excluding hydrogens is 326 g/mol. The van der Waals surface area contributed by atoms with Crippen molar-refractivity contribution in [1.29, 1.82) is 0 Å². The third-order valence-electron chi connectivity index (χ3n) is 1.77. The topological polar surface area (TPSA) is 58.9 Å². The van der Waals surface area contributed by atoms with Crippen LogP contribution in [0.3, 0.4) is 0 Å². The Hall–Kier alpha value is -1.01. The van der Waals surface area contributed by atoms with Crippen LogP contribution in [0.25, 0.3) is 11.3 Å². The third kappa shape index (κ3) is 2.32. The molecule has 0 spiro atoms. The highest BCUT2D eigenvalue weighted by Crippen LogP contribution is 2.29. The summed E-state index contributed by atoms with van der Waals surface area (Å²) in [4.78, 5) is 3.94. The van der Waals surface area contributed by atoms with Crippen LogP contribution in [-0.4, -0.2) is 20.3 Å². The van der Waals surface area contributed by atoms with Crippen LogP contribution in [0.4, 0.5) is 0 Å². The van der Waals surface area contributed by atoms with Gasteiger partial charge in [0.2, 0.25) is 4.73 Å². The number of halogens is 2. The number of phenolic OH excluding ortho intramolecular Hbond substituents is 1. The molecular formula is C9H5Br2N3O. The van der Waals surface area contributed by atoms with Crippen LogP contribution < -0.4 is 0 Å². The van der Waals surface area contributed by atoms with Gasteiger partial charge in [-0.25, -0.2) is 4.98 Å². The number of aromatic nitrogens is 3. The van der Waals surface area contributed by atoms with Gasteiger partial charge >= 0.3 is 0 Å². The van der Waals surface area contributed by atoms with Crippen molar-refractivity contribution in [2.24, 2.45) is 0 Å². The Kier molecular flexibility index (Phi) is 2.97. The summed E-state index contributed by atoms with van der Waals surface area (Å²) in [7, 11) is 0. The fourth-order valence-corrected chi connectivity index (χ4v) is 1.64. The quantitative estimate of drug-likeness (QED) is 0.873. The van der Waals surface area contributed by atoms with Gasteiger partial charge in [-0.3, -0.25) is 0 Å². The van der Waals surface area contributed by atoms with Gasteiger partial charge in [0.1, 0.15) is 11.4 Å². The Labute approximate surface area is 103 Å². The monoisotopic (exact) mass is 329 g/mol. The Balaban J connectivity index is 2.49. The van der Waals surface area contributed by atoms with E-state index in [-0.39, 0.29) is 5.75 Å². The van der Waals surface area contributed by atoms with Gasteiger partial charge in [0.05, 0.1) is 6.20 Å². The molecule has 0 radical (unpaired) electrons. The van der Waals surface area contributed by atoms with E-state index < -0.39 is 0 Å². The van der Waals surface area contributed by atoms with Crippen molar-refractivity contribution >= 4 is 31.9 Å². The summed E-state index contributed by atoms with van der Waals surface area (Å²) < 4.78 is 1.23. The second kappa shape index (κ2) is 4.24. The van der Waals surface area contributed by atoms with Crippen molar-refractivity contribution in [3.8, 4) is 17.0 Å². The van der Waals surface area contributed by atoms with Crippen molar-refractivity contribution in [1.82, 2.24) is 15.2 Å². The normalized spacial score (nSPS) is 10.3. The minimum atomic E-state index is 0.141. The lowest BCUT2D eigenvalue weighted by Gasteiger charge is -2.02. The van der Waals surface area contributed by atoms with Gasteiger partial charge in [-0.2, -0.15) is 0 Å². The Bertz CT molecular complexity index is 487. The fourth-order valence-electron chi connectivity index (χ4n) is 1.11. The highest BCUT2D eigenvalue weighted by molar-refractivity contribution is 9.10. The molecule has 1 heterocycles. The predicted molar refractivity (Wildman–Crippen MR) is 62.3 cm³/mol. The van der Waals surface area contributed by atoms with Gasteiger partial charge in [-0.15, -0.1) is 10.2 Å². The summed E-state index contributed by atoms with van der Waals surface area (Å²) in [6.45, 7) is 0. The second-order valence-corrected chi connectivity index (χ2v) is 4.40. The van der Waals surface area contributed by atoms with E-state index in [1.165, 1.54) is 0 Å². The molecule has 0 atom stereocenters. The molecule has 2 aromatic rings. The Morgan fingerprint density at radius 2 is 1.93 bits per heavy atom. The summed E-state index contributed by atoms with van der Waals surface area (Å²) in [6.07, 6.45) is 1.54. The highest BCUT2D eigenvalue weighted by Gasteiger charge is 2.06. The van der Waals surface area contributed by atoms with Gasteiger partial charge in [-0.1, -0.05) is 15.9 Å². The van der Waals surface area contributed by atoms with Gasteiger partial charge in [-0.05, 0) is 34.1 Å². The molecule has 0 amide bonds. The van der Waals surface area contributed by atoms with Crippen LogP contribution in [-0.2, 0) is 0 Å². The second-order valence-electron chi connectivity index (χ2n) is 2.77. The first-order chi connectivity index (χ1) is 7.16. The maximum Gasteiger partial charge on any atom is 0.217 e. The third-order valence-corrected chi connectivity index (χ3v) is 2.63. The maximum absolute atomic E-state index is 9.68. The molecule has 1 aromatic heterocycles. The van der Waals surface area contributed by atoms with E-state index in [4.69, 9.17) is 0 Å². The lowest BCUT2D eigenvalue weighted by molar-refractivity contribution is 0.476. The van der Waals surface area contributed by atoms with Gasteiger partial charge in [0, 0.05) is 10.0 Å². The van der Waals surface area contributed by atoms with Crippen LogP contribution in [0.2, 0.25) is 0 Å². The molecule has 76 valence electrons. The number of rotatable bonds is 1. The van der Waals surface area contributed by atoms with E-state index in [1.54, 1.807) is 18.3 Å². The summed E-state index contributed by atoms with van der Waals surface area (Å²) in [6, 6.07) is 5.16. The molecule has 1 N–H and O–H groups in total. The minimum Gasteiger partial charge on any atom is -0.507 e. The first-order valence-corrected chi connectivity index (χ1v) is 5.59. The van der Waals surface area contributed by atoms with Crippen molar-refractivity contribution in [3.05, 3.63) is 33.6 Å². The van der Waals surface area contributed by atoms with Crippen LogP contribution in [0.15, 0.2) is 33.6 Å². The summed E-state index contributed by atoms with van der Waals surface area (Å²) in [5.41, 5.74) is 1.13. The average Bonchev–Trinajstić information content (AvgIpc) is 2.20. The summed E-state index contributed by atoms with van der Waals surface area (Å²) in [5, 5.41) is 17.3. The fraction of sp³-hybridized carbons (Fsp3) is 0. The van der Waals surface area contributed by atoms with Crippen molar-refractivity contribution in [2.75, 3.05) is 0 Å². The highest BCUT2D eigenvalue weighted by atomic mass is 79.9. The first kappa shape index (κ1) is 10.5. The molecule has 6 heteroatoms. The zero-order valence-electron chi connectivity index (χ0n) is 7.35. The number of hydrogen-bond acceptors (Lipinski definition) is 4. The smallest absolute Gasteiger partial charge is 0.217 e. The number of hydrogen-bond donors (Lipinski definition) is 1. The van der Waals surface area contributed by atoms with E-state index >= 15 is 0 Å². The molecule has 15 heavy (non-hydrogen) atoms. The maximum atomic E-state index is 9.68. The van der Waals surface area contributed by atoms with Crippen molar-refractivity contribution in [2.45, 2.75) is 0 Å². The van der Waals surface area contributed by atoms with Gasteiger partial charge in [0.15, 0.2) is 0 Å². The molecule has 0 saturated heterocycles. The van der Waals surface area contributed by atoms with Crippen molar-refractivity contribution < 1.29 is 5.11 Å². The minimum absolute atomic E-state index is 0.141. The van der Waals surface area contributed by atoms with Crippen LogP contribution in [0, 0.1) is 0 Å². The summed E-state index contributed by atoms with van der Waals surface area (Å²) >= 11 is 6.35. The first-order valence-electron chi connectivity index (χ1n) is 4.01. The van der Waals surface area contributed by atoms with Crippen LogP contribution in [0.5, 0.6) is 5.75 Å². The average molecular weight is 331 g/mol. The summed E-state index contributed by atoms with van der Waals surface area (Å²) in [5.74, 6) is 0.141. The van der Waals surface area contributed by atoms with Crippen LogP contribution in [0.1, 0.15) is 0 Å². The van der Waals surface area contributed by atoms with E-state index in [2.05, 4.69) is 47.0 Å². The lowest BCUT2D eigenvalue weighted by atomic mass is 10.1. The molecule has 0 unspecified atom stereocenters. The zero-order valence-corrected chi connectivity index (χ0v) is 10.5. The van der Waals surface area contributed by atoms with E-state index in [1.807, 2.05) is 6.07 Å². The molecule has 1 aromatic carbocycles. The van der Waals surface area contributed by atoms with Gasteiger partial charge < -0.3 is 5.11 Å². The van der Waals surface area contributed by atoms with E-state index in [0.29, 0.717) is 16.0 Å². The number of aromatic hydroxyl groups is 1. The molecule has 0 fully saturated rings. The SMILES string of the molecule is Oc1cc(Br)ccc1-c1cnc(Br)nn1. The zero-order chi connectivity index (χ0) is 10.8. The predicted octanol–water partition coefficient (Wildman–Crippen LogP) is 2.77. The molecule has 0 aliphatic heterocycles. The van der Waals surface area contributed by atoms with E-state index in [9.17, 15) is 5.11 Å². The van der Waals surface area contributed by atoms with Crippen LogP contribution >= 0.6 is 31.9 Å². The van der Waals surface area contributed by atoms with Crippen molar-refractivity contribution in [3.63, 3.8) is 0 Å². The number of nitrogens with zero attached hydrogens (tertiary/aromatic N) is 3. The molecule has 0 aliphatic rings. The molecule has 4 nitrogen and oxygen atoms in total. The van der Waals surface area contributed by atoms with Gasteiger partial charge in [0.25, 0.3) is 0 Å². The number of benzene rings is 1. The number of phenols is 1. The molecule has 0 aliphatic carbocycles. The molecule has 2 rings (SSSR count). The standard InChI is InChI=1S/C9H5Br2N3O/c10-5-1-2-6(8(15)3-5)7-4-12-9(11)14-13-7/h1-4,15H. The molecule has 0 saturated carbocycles. The molecule has 0 bridgehead atoms. The Morgan fingerprint density at radius 3 is 2.53 bits per heavy atom. The Morgan fingerprint density at radius 1 is 1.13 bits per heavy atom. The van der Waals surface area contributed by atoms with E-state index in [0.717, 1.165) is 4.47 Å². The lowest BCUT2D eigenvalue weighted by Crippen LogP contribution is -1.91.